The molecule has 0 heterocycles. The van der Waals surface area contributed by atoms with Crippen molar-refractivity contribution in [3.8, 4) is 0 Å². The van der Waals surface area contributed by atoms with E-state index in [0.29, 0.717) is 12.2 Å². The molecule has 0 amide bonds. The minimum Gasteiger partial charge on any atom is -0.478 e. The minimum atomic E-state index is -1.26. The average molecular weight is 171 g/mol. The van der Waals surface area contributed by atoms with Gasteiger partial charge >= 0.3 is 11.9 Å². The molecule has 0 atom stereocenters. The number of rotatable bonds is 2. The molecule has 4 nitrogen and oxygen atoms in total. The summed E-state index contributed by atoms with van der Waals surface area (Å²) in [4.78, 5) is 19.1. The summed E-state index contributed by atoms with van der Waals surface area (Å²) in [6, 6.07) is 0. The summed E-state index contributed by atoms with van der Waals surface area (Å²) in [5.41, 5.74) is 0. The molecule has 0 bridgehead atoms. The van der Waals surface area contributed by atoms with Gasteiger partial charge in [0.25, 0.3) is 0 Å². The van der Waals surface area contributed by atoms with Crippen LogP contribution in [0.25, 0.3) is 0 Å². The Morgan fingerprint density at radius 3 is 1.33 bits per heavy atom. The molecule has 0 aromatic rings. The van der Waals surface area contributed by atoms with E-state index in [2.05, 4.69) is 0 Å². The molecule has 0 fully saturated rings. The van der Waals surface area contributed by atoms with Gasteiger partial charge in [0.2, 0.25) is 0 Å². The monoisotopic (exact) mass is 171 g/mol. The maximum atomic E-state index is 9.55. The van der Waals surface area contributed by atoms with E-state index in [0.717, 1.165) is 0 Å². The molecular formula is C4H4MnO4. The first-order valence-electron chi connectivity index (χ1n) is 1.77. The van der Waals surface area contributed by atoms with E-state index in [1.807, 2.05) is 0 Å². The van der Waals surface area contributed by atoms with Crippen LogP contribution >= 0.6 is 0 Å². The predicted octanol–water partition coefficient (Wildman–Crippen LogP) is -0.291. The molecular weight excluding hydrogens is 167 g/mol. The van der Waals surface area contributed by atoms with Gasteiger partial charge in [-0.15, -0.1) is 0 Å². The summed E-state index contributed by atoms with van der Waals surface area (Å²) < 4.78 is 0. The van der Waals surface area contributed by atoms with Crippen LogP contribution in [0.5, 0.6) is 0 Å². The van der Waals surface area contributed by atoms with Gasteiger partial charge in [0.05, 0.1) is 0 Å². The van der Waals surface area contributed by atoms with E-state index in [-0.39, 0.29) is 17.1 Å². The topological polar surface area (TPSA) is 74.6 Å². The Morgan fingerprint density at radius 2 is 1.22 bits per heavy atom. The summed E-state index contributed by atoms with van der Waals surface area (Å²) in [7, 11) is 0. The maximum absolute atomic E-state index is 9.55. The maximum Gasteiger partial charge on any atom is 0.328 e. The van der Waals surface area contributed by atoms with E-state index < -0.39 is 11.9 Å². The molecule has 0 spiro atoms. The fourth-order valence-electron chi connectivity index (χ4n) is 0.143. The zero-order chi connectivity index (χ0) is 6.57. The van der Waals surface area contributed by atoms with Crippen molar-refractivity contribution in [2.24, 2.45) is 0 Å². The molecule has 0 unspecified atom stereocenters. The van der Waals surface area contributed by atoms with E-state index in [1.165, 1.54) is 0 Å². The molecule has 0 aliphatic heterocycles. The van der Waals surface area contributed by atoms with Gasteiger partial charge in [0, 0.05) is 29.2 Å². The minimum absolute atomic E-state index is 0. The zero-order valence-corrected chi connectivity index (χ0v) is 5.42. The molecule has 9 heavy (non-hydrogen) atoms. The molecule has 51 valence electrons. The van der Waals surface area contributed by atoms with Crippen molar-refractivity contribution in [2.75, 3.05) is 0 Å². The van der Waals surface area contributed by atoms with Crippen molar-refractivity contribution < 1.29 is 36.9 Å². The van der Waals surface area contributed by atoms with Crippen molar-refractivity contribution in [2.45, 2.75) is 0 Å². The number of carboxylic acid groups (broad SMARTS) is 2. The van der Waals surface area contributed by atoms with Gasteiger partial charge in [0.15, 0.2) is 0 Å². The molecule has 0 rings (SSSR count). The predicted molar refractivity (Wildman–Crippen MR) is 24.4 cm³/mol. The molecule has 0 aromatic carbocycles. The first-order valence-corrected chi connectivity index (χ1v) is 1.77. The number of carboxylic acids is 2. The van der Waals surface area contributed by atoms with Crippen LogP contribution in [0.1, 0.15) is 0 Å². The largest absolute Gasteiger partial charge is 0.478 e. The molecule has 0 aliphatic carbocycles. The van der Waals surface area contributed by atoms with Crippen LogP contribution in [0.2, 0.25) is 0 Å². The van der Waals surface area contributed by atoms with E-state index in [1.54, 1.807) is 0 Å². The Bertz CT molecular complexity index is 124. The molecule has 2 N–H and O–H groups in total. The standard InChI is InChI=1S/C4H4O4.Mn/c5-3(6)1-2-4(7)8;/h1-2H,(H,5,6)(H,7,8);. The Balaban J connectivity index is 0. The fraction of sp³-hybridized carbons (Fsp3) is 0. The quantitative estimate of drug-likeness (QED) is 0.442. The van der Waals surface area contributed by atoms with Crippen LogP contribution in [0.15, 0.2) is 12.2 Å². The number of aliphatic carboxylic acids is 2. The molecule has 5 heteroatoms. The fourth-order valence-corrected chi connectivity index (χ4v) is 0.143. The van der Waals surface area contributed by atoms with Gasteiger partial charge in [-0.25, -0.2) is 9.59 Å². The number of hydrogen-bond acceptors (Lipinski definition) is 2. The summed E-state index contributed by atoms with van der Waals surface area (Å²) in [6.45, 7) is 0. The average Bonchev–Trinajstić information content (AvgIpc) is 1.61. The van der Waals surface area contributed by atoms with Crippen molar-refractivity contribution >= 4 is 11.9 Å². The zero-order valence-electron chi connectivity index (χ0n) is 4.24. The van der Waals surface area contributed by atoms with Gasteiger partial charge in [-0.05, 0) is 0 Å². The Morgan fingerprint density at radius 1 is 1.00 bits per heavy atom. The molecule has 0 aromatic heterocycles. The second-order valence-electron chi connectivity index (χ2n) is 1.01. The van der Waals surface area contributed by atoms with Crippen LogP contribution in [-0.2, 0) is 26.7 Å². The van der Waals surface area contributed by atoms with Crippen molar-refractivity contribution in [3.63, 3.8) is 0 Å². The first-order chi connectivity index (χ1) is 3.63. The molecule has 0 saturated heterocycles. The number of hydrogen-bond donors (Lipinski definition) is 2. The van der Waals surface area contributed by atoms with Crippen LogP contribution in [0.3, 0.4) is 0 Å². The van der Waals surface area contributed by atoms with Gasteiger partial charge in [-0.2, -0.15) is 0 Å². The van der Waals surface area contributed by atoms with E-state index >= 15 is 0 Å². The van der Waals surface area contributed by atoms with Gasteiger partial charge in [0.1, 0.15) is 0 Å². The summed E-state index contributed by atoms with van der Waals surface area (Å²) >= 11 is 0. The molecule has 1 radical (unpaired) electrons. The first kappa shape index (κ1) is 11.1. The SMILES string of the molecule is O=C(O)C=CC(=O)O.[Mn]. The second kappa shape index (κ2) is 5.34. The van der Waals surface area contributed by atoms with E-state index in [4.69, 9.17) is 10.2 Å². The third-order valence-electron chi connectivity index (χ3n) is 0.368. The van der Waals surface area contributed by atoms with Crippen molar-refractivity contribution in [1.82, 2.24) is 0 Å². The third-order valence-corrected chi connectivity index (χ3v) is 0.368. The van der Waals surface area contributed by atoms with Crippen molar-refractivity contribution in [3.05, 3.63) is 12.2 Å². The van der Waals surface area contributed by atoms with Crippen LogP contribution in [0.4, 0.5) is 0 Å². The summed E-state index contributed by atoms with van der Waals surface area (Å²) in [5.74, 6) is -2.51. The number of carbonyl (C=O) groups is 2. The third kappa shape index (κ3) is 11.0. The molecule has 0 saturated carbocycles. The van der Waals surface area contributed by atoms with Gasteiger partial charge < -0.3 is 10.2 Å². The van der Waals surface area contributed by atoms with Crippen molar-refractivity contribution in [1.29, 1.82) is 0 Å². The Kier molecular flexibility index (Phi) is 6.56. The van der Waals surface area contributed by atoms with Crippen LogP contribution in [-0.4, -0.2) is 22.2 Å². The normalized spacial score (nSPS) is 8.44. The van der Waals surface area contributed by atoms with Crippen LogP contribution < -0.4 is 0 Å². The van der Waals surface area contributed by atoms with Gasteiger partial charge in [-0.3, -0.25) is 0 Å². The Hall–Kier alpha value is -0.801. The summed E-state index contributed by atoms with van der Waals surface area (Å²) in [5, 5.41) is 15.6. The van der Waals surface area contributed by atoms with E-state index in [9.17, 15) is 9.59 Å². The van der Waals surface area contributed by atoms with Crippen LogP contribution in [0, 0.1) is 0 Å². The Labute approximate surface area is 61.7 Å². The second-order valence-corrected chi connectivity index (χ2v) is 1.01. The molecule has 0 aliphatic rings. The van der Waals surface area contributed by atoms with Gasteiger partial charge in [-0.1, -0.05) is 0 Å². The summed E-state index contributed by atoms with van der Waals surface area (Å²) in [6.07, 6.45) is 1.12. The smallest absolute Gasteiger partial charge is 0.328 e.